The van der Waals surface area contributed by atoms with Gasteiger partial charge in [0, 0.05) is 0 Å². The molecule has 0 amide bonds. The second-order valence-electron chi connectivity index (χ2n) is 3.57. The molecular weight excluding hydrogens is 232 g/mol. The van der Waals surface area contributed by atoms with E-state index in [2.05, 4.69) is 5.73 Å². The van der Waals surface area contributed by atoms with Crippen molar-refractivity contribution in [1.29, 1.82) is 0 Å². The largest absolute Gasteiger partial charge is 0.219 e. The molecule has 0 aliphatic heterocycles. The van der Waals surface area contributed by atoms with Crippen LogP contribution in [0.4, 0.5) is 0 Å². The number of sulfone groups is 1. The average molecular weight is 244 g/mol. The van der Waals surface area contributed by atoms with Gasteiger partial charge in [0.2, 0.25) is 9.84 Å². The molecule has 2 aliphatic carbocycles. The Labute approximate surface area is 101 Å². The first-order valence-corrected chi connectivity index (χ1v) is 6.77. The molecule has 0 atom stereocenters. The van der Waals surface area contributed by atoms with Gasteiger partial charge in [-0.1, -0.05) is 24.3 Å². The summed E-state index contributed by atoms with van der Waals surface area (Å²) in [6.07, 6.45) is 17.6. The number of hydrogen-bond donors (Lipinski definition) is 0. The fraction of sp³-hybridized carbons (Fsp3) is 0.0714. The van der Waals surface area contributed by atoms with E-state index < -0.39 is 9.84 Å². The Morgan fingerprint density at radius 3 is 2.65 bits per heavy atom. The zero-order valence-corrected chi connectivity index (χ0v) is 10.0. The van der Waals surface area contributed by atoms with Crippen LogP contribution in [0, 0.1) is 0 Å². The summed E-state index contributed by atoms with van der Waals surface area (Å²) < 4.78 is 24.6. The third-order valence-corrected chi connectivity index (χ3v) is 4.15. The summed E-state index contributed by atoms with van der Waals surface area (Å²) >= 11 is 0. The van der Waals surface area contributed by atoms with Gasteiger partial charge in [0.05, 0.1) is 9.81 Å². The lowest BCUT2D eigenvalue weighted by Crippen LogP contribution is -2.04. The van der Waals surface area contributed by atoms with Gasteiger partial charge in [-0.25, -0.2) is 8.42 Å². The van der Waals surface area contributed by atoms with Gasteiger partial charge in [0.25, 0.3) is 0 Å². The van der Waals surface area contributed by atoms with E-state index in [9.17, 15) is 8.42 Å². The maximum Gasteiger partial charge on any atom is 0.206 e. The van der Waals surface area contributed by atoms with Crippen LogP contribution in [0.1, 0.15) is 6.42 Å². The van der Waals surface area contributed by atoms with E-state index >= 15 is 0 Å². The molecule has 3 heteroatoms. The molecule has 0 heterocycles. The third kappa shape index (κ3) is 2.64. The summed E-state index contributed by atoms with van der Waals surface area (Å²) in [7, 11) is -3.43. The van der Waals surface area contributed by atoms with E-state index in [-0.39, 0.29) is 4.91 Å². The summed E-state index contributed by atoms with van der Waals surface area (Å²) in [6.45, 7) is 0. The van der Waals surface area contributed by atoms with E-state index in [4.69, 9.17) is 0 Å². The van der Waals surface area contributed by atoms with Gasteiger partial charge >= 0.3 is 0 Å². The van der Waals surface area contributed by atoms with E-state index in [1.807, 2.05) is 12.2 Å². The predicted octanol–water partition coefficient (Wildman–Crippen LogP) is 2.97. The minimum absolute atomic E-state index is 0.282. The van der Waals surface area contributed by atoms with Crippen molar-refractivity contribution < 1.29 is 8.42 Å². The summed E-state index contributed by atoms with van der Waals surface area (Å²) in [4.78, 5) is 0.599. The zero-order chi connectivity index (χ0) is 12.1. The number of hydrogen-bond acceptors (Lipinski definition) is 2. The van der Waals surface area contributed by atoms with Gasteiger partial charge in [-0.2, -0.15) is 0 Å². The van der Waals surface area contributed by atoms with Gasteiger partial charge in [-0.15, -0.1) is 5.73 Å². The van der Waals surface area contributed by atoms with Crippen molar-refractivity contribution in [1.82, 2.24) is 0 Å². The van der Waals surface area contributed by atoms with Crippen molar-refractivity contribution in [2.75, 3.05) is 0 Å². The van der Waals surface area contributed by atoms with Crippen LogP contribution in [0.5, 0.6) is 0 Å². The Morgan fingerprint density at radius 2 is 1.76 bits per heavy atom. The molecule has 0 aromatic heterocycles. The minimum Gasteiger partial charge on any atom is -0.219 e. The maximum absolute atomic E-state index is 12.3. The predicted molar refractivity (Wildman–Crippen MR) is 69.8 cm³/mol. The standard InChI is InChI=1S/C14H12O2S/c15-17(16,13-9-5-1-2-6-10-13)14-11-7-3-4-8-12-14/h1,3,5-12H,2H2. The lowest BCUT2D eigenvalue weighted by Gasteiger charge is -2.04. The molecule has 0 saturated carbocycles. The number of rotatable bonds is 2. The Balaban J connectivity index is 2.44. The van der Waals surface area contributed by atoms with E-state index in [1.165, 1.54) is 0 Å². The van der Waals surface area contributed by atoms with Crippen LogP contribution in [-0.4, -0.2) is 8.42 Å². The lowest BCUT2D eigenvalue weighted by molar-refractivity contribution is 0.609. The van der Waals surface area contributed by atoms with Crippen LogP contribution in [0.25, 0.3) is 0 Å². The SMILES string of the molecule is O=S(=O)(C1=CC=C=CC=C1)C1=CC=CCC=C1. The van der Waals surface area contributed by atoms with Gasteiger partial charge in [0.15, 0.2) is 0 Å². The van der Waals surface area contributed by atoms with E-state index in [0.717, 1.165) is 6.42 Å². The smallest absolute Gasteiger partial charge is 0.206 e. The van der Waals surface area contributed by atoms with Crippen LogP contribution in [0.3, 0.4) is 0 Å². The van der Waals surface area contributed by atoms with E-state index in [1.54, 1.807) is 48.6 Å². The molecule has 0 N–H and O–H groups in total. The lowest BCUT2D eigenvalue weighted by atomic mass is 10.4. The molecule has 0 aromatic rings. The molecular formula is C14H12O2S. The molecule has 0 aromatic carbocycles. The van der Waals surface area contributed by atoms with Crippen LogP contribution >= 0.6 is 0 Å². The molecule has 17 heavy (non-hydrogen) atoms. The van der Waals surface area contributed by atoms with Gasteiger partial charge in [0.1, 0.15) is 0 Å². The van der Waals surface area contributed by atoms with E-state index in [0.29, 0.717) is 4.91 Å². The summed E-state index contributed by atoms with van der Waals surface area (Å²) in [5.41, 5.74) is 2.84. The van der Waals surface area contributed by atoms with Crippen LogP contribution < -0.4 is 0 Å². The fourth-order valence-corrected chi connectivity index (χ4v) is 2.80. The fourth-order valence-electron chi connectivity index (χ4n) is 1.49. The maximum atomic E-state index is 12.3. The molecule has 2 aliphatic rings. The van der Waals surface area contributed by atoms with Gasteiger partial charge < -0.3 is 0 Å². The third-order valence-electron chi connectivity index (χ3n) is 2.37. The first kappa shape index (κ1) is 11.6. The van der Waals surface area contributed by atoms with Crippen LogP contribution in [-0.2, 0) is 9.84 Å². The quantitative estimate of drug-likeness (QED) is 0.700. The number of allylic oxidation sites excluding steroid dienone is 9. The Hall–Kier alpha value is -1.83. The molecule has 0 spiro atoms. The summed E-state index contributed by atoms with van der Waals surface area (Å²) in [5, 5.41) is 0. The highest BCUT2D eigenvalue weighted by Crippen LogP contribution is 2.22. The monoisotopic (exact) mass is 244 g/mol. The Morgan fingerprint density at radius 1 is 0.941 bits per heavy atom. The highest BCUT2D eigenvalue weighted by atomic mass is 32.2. The van der Waals surface area contributed by atoms with Gasteiger partial charge in [-0.05, 0) is 42.9 Å². The van der Waals surface area contributed by atoms with Gasteiger partial charge in [-0.3, -0.25) is 0 Å². The highest BCUT2D eigenvalue weighted by Gasteiger charge is 2.19. The van der Waals surface area contributed by atoms with Crippen molar-refractivity contribution in [3.63, 3.8) is 0 Å². The van der Waals surface area contributed by atoms with Crippen molar-refractivity contribution in [3.05, 3.63) is 76.3 Å². The van der Waals surface area contributed by atoms with Crippen molar-refractivity contribution >= 4 is 9.84 Å². The van der Waals surface area contributed by atoms with Crippen molar-refractivity contribution in [2.45, 2.75) is 6.42 Å². The Kier molecular flexibility index (Phi) is 3.43. The molecule has 0 saturated heterocycles. The highest BCUT2D eigenvalue weighted by molar-refractivity contribution is 7.99. The first-order chi connectivity index (χ1) is 8.21. The zero-order valence-electron chi connectivity index (χ0n) is 9.21. The first-order valence-electron chi connectivity index (χ1n) is 5.29. The molecule has 0 unspecified atom stereocenters. The summed E-state index contributed by atoms with van der Waals surface area (Å²) in [6, 6.07) is 0. The molecule has 2 rings (SSSR count). The topological polar surface area (TPSA) is 34.1 Å². The molecule has 2 nitrogen and oxygen atoms in total. The molecule has 86 valence electrons. The average Bonchev–Trinajstić information content (AvgIpc) is 2.74. The molecule has 0 radical (unpaired) electrons. The van der Waals surface area contributed by atoms with Crippen LogP contribution in [0.15, 0.2) is 76.3 Å². The second-order valence-corrected chi connectivity index (χ2v) is 5.52. The molecule has 0 bridgehead atoms. The van der Waals surface area contributed by atoms with Crippen molar-refractivity contribution in [3.8, 4) is 0 Å². The molecule has 0 fully saturated rings. The summed E-state index contributed by atoms with van der Waals surface area (Å²) in [5.74, 6) is 0. The minimum atomic E-state index is -3.43. The normalized spacial score (nSPS) is 18.6. The second kappa shape index (κ2) is 5.00. The Bertz CT molecular complexity index is 609. The van der Waals surface area contributed by atoms with Crippen molar-refractivity contribution in [2.24, 2.45) is 0 Å². The van der Waals surface area contributed by atoms with Crippen LogP contribution in [0.2, 0.25) is 0 Å².